The van der Waals surface area contributed by atoms with Crippen LogP contribution in [0, 0.1) is 12.8 Å². The number of anilines is 1. The summed E-state index contributed by atoms with van der Waals surface area (Å²) in [4.78, 5) is 36.6. The van der Waals surface area contributed by atoms with E-state index in [1.807, 2.05) is 37.3 Å². The number of rotatable bonds is 5. The number of para-hydroxylation sites is 1. The Labute approximate surface area is 190 Å². The van der Waals surface area contributed by atoms with E-state index in [4.69, 9.17) is 16.6 Å². The van der Waals surface area contributed by atoms with Crippen molar-refractivity contribution in [2.75, 3.05) is 11.1 Å². The molecule has 0 aliphatic carbocycles. The average Bonchev–Trinajstić information content (AvgIpc) is 3.04. The lowest BCUT2D eigenvalue weighted by molar-refractivity contribution is -0.125. The molecule has 2 aromatic rings. The van der Waals surface area contributed by atoms with Crippen LogP contribution in [0.15, 0.2) is 52.4 Å². The fraction of sp³-hybridized carbons (Fsp3) is 0.304. The second-order valence-corrected chi connectivity index (χ2v) is 9.35. The zero-order chi connectivity index (χ0) is 22.1. The molecule has 160 valence electrons. The van der Waals surface area contributed by atoms with Crippen LogP contribution in [0.4, 0.5) is 11.4 Å². The Morgan fingerprint density at radius 2 is 2.03 bits per heavy atom. The maximum absolute atomic E-state index is 13.1. The number of amidine groups is 2. The van der Waals surface area contributed by atoms with E-state index < -0.39 is 6.04 Å². The van der Waals surface area contributed by atoms with Crippen LogP contribution in [-0.2, 0) is 9.59 Å². The Morgan fingerprint density at radius 1 is 1.26 bits per heavy atom. The number of benzene rings is 2. The molecule has 31 heavy (non-hydrogen) atoms. The van der Waals surface area contributed by atoms with Crippen LogP contribution in [0.1, 0.15) is 31.4 Å². The SMILES string of the molecule is Cc1ccc(NC(=O)CSC2=Nc3ccccc3C3=NC(CC(C)C)C(=O)N23)c(Cl)c1. The lowest BCUT2D eigenvalue weighted by Crippen LogP contribution is -2.41. The van der Waals surface area contributed by atoms with Gasteiger partial charge in [-0.05, 0) is 49.1 Å². The molecule has 0 fully saturated rings. The topological polar surface area (TPSA) is 74.1 Å². The Morgan fingerprint density at radius 3 is 2.77 bits per heavy atom. The standard InChI is InChI=1S/C23H23ClN4O2S/c1-13(2)10-19-22(30)28-21(26-19)15-6-4-5-7-17(15)27-23(28)31-12-20(29)25-18-9-8-14(3)11-16(18)24/h4-9,11,13,19H,10,12H2,1-3H3,(H,25,29). The fourth-order valence-electron chi connectivity index (χ4n) is 3.54. The lowest BCUT2D eigenvalue weighted by atomic mass is 10.0. The number of nitrogens with zero attached hydrogens (tertiary/aromatic N) is 3. The highest BCUT2D eigenvalue weighted by atomic mass is 35.5. The van der Waals surface area contributed by atoms with Gasteiger partial charge in [0.2, 0.25) is 5.91 Å². The van der Waals surface area contributed by atoms with Gasteiger partial charge in [-0.2, -0.15) is 0 Å². The number of hydrogen-bond donors (Lipinski definition) is 1. The highest BCUT2D eigenvalue weighted by Gasteiger charge is 2.41. The van der Waals surface area contributed by atoms with Gasteiger partial charge in [0.05, 0.1) is 22.2 Å². The van der Waals surface area contributed by atoms with E-state index in [0.29, 0.717) is 34.1 Å². The van der Waals surface area contributed by atoms with Crippen molar-refractivity contribution in [2.24, 2.45) is 15.9 Å². The first-order chi connectivity index (χ1) is 14.8. The zero-order valence-electron chi connectivity index (χ0n) is 17.6. The van der Waals surface area contributed by atoms with Crippen molar-refractivity contribution < 1.29 is 9.59 Å². The largest absolute Gasteiger partial charge is 0.324 e. The molecule has 8 heteroatoms. The van der Waals surface area contributed by atoms with Crippen molar-refractivity contribution in [3.05, 3.63) is 58.6 Å². The monoisotopic (exact) mass is 454 g/mol. The second kappa shape index (κ2) is 8.85. The molecule has 1 atom stereocenters. The first-order valence-electron chi connectivity index (χ1n) is 10.1. The van der Waals surface area contributed by atoms with Gasteiger partial charge in [0.25, 0.3) is 5.91 Å². The van der Waals surface area contributed by atoms with E-state index in [1.54, 1.807) is 17.0 Å². The van der Waals surface area contributed by atoms with E-state index >= 15 is 0 Å². The molecule has 6 nitrogen and oxygen atoms in total. The number of halogens is 1. The van der Waals surface area contributed by atoms with E-state index in [0.717, 1.165) is 16.8 Å². The van der Waals surface area contributed by atoms with Crippen LogP contribution in [-0.4, -0.2) is 39.5 Å². The third-order valence-corrected chi connectivity index (χ3v) is 6.22. The smallest absolute Gasteiger partial charge is 0.259 e. The molecule has 0 spiro atoms. The van der Waals surface area contributed by atoms with Gasteiger partial charge in [-0.25, -0.2) is 9.89 Å². The van der Waals surface area contributed by atoms with Crippen LogP contribution in [0.2, 0.25) is 5.02 Å². The molecule has 0 radical (unpaired) electrons. The Hall–Kier alpha value is -2.64. The third-order valence-electron chi connectivity index (χ3n) is 4.97. The molecular formula is C23H23ClN4O2S. The fourth-order valence-corrected chi connectivity index (χ4v) is 4.62. The predicted octanol–water partition coefficient (Wildman–Crippen LogP) is 5.02. The lowest BCUT2D eigenvalue weighted by Gasteiger charge is -2.25. The van der Waals surface area contributed by atoms with Crippen LogP contribution < -0.4 is 5.32 Å². The highest BCUT2D eigenvalue weighted by molar-refractivity contribution is 8.14. The van der Waals surface area contributed by atoms with Gasteiger partial charge in [-0.15, -0.1) is 0 Å². The van der Waals surface area contributed by atoms with Gasteiger partial charge in [-0.3, -0.25) is 14.6 Å². The van der Waals surface area contributed by atoms with Gasteiger partial charge in [0.15, 0.2) is 5.17 Å². The van der Waals surface area contributed by atoms with Crippen molar-refractivity contribution >= 4 is 57.6 Å². The summed E-state index contributed by atoms with van der Waals surface area (Å²) in [6, 6.07) is 12.7. The number of carbonyl (C=O) groups excluding carboxylic acids is 2. The highest BCUT2D eigenvalue weighted by Crippen LogP contribution is 2.34. The number of nitrogens with one attached hydrogen (secondary N) is 1. The summed E-state index contributed by atoms with van der Waals surface area (Å²) in [6.07, 6.45) is 0.672. The van der Waals surface area contributed by atoms with Crippen LogP contribution in [0.25, 0.3) is 0 Å². The minimum atomic E-state index is -0.424. The number of fused-ring (bicyclic) bond motifs is 3. The van der Waals surface area contributed by atoms with Crippen LogP contribution in [0.5, 0.6) is 0 Å². The minimum Gasteiger partial charge on any atom is -0.324 e. The summed E-state index contributed by atoms with van der Waals surface area (Å²) in [5, 5.41) is 3.78. The Balaban J connectivity index is 1.54. The summed E-state index contributed by atoms with van der Waals surface area (Å²) in [5.41, 5.74) is 3.16. The predicted molar refractivity (Wildman–Crippen MR) is 127 cm³/mol. The number of amides is 2. The Bertz CT molecular complexity index is 1110. The van der Waals surface area contributed by atoms with E-state index in [1.165, 1.54) is 11.8 Å². The van der Waals surface area contributed by atoms with E-state index in [9.17, 15) is 9.59 Å². The first-order valence-corrected chi connectivity index (χ1v) is 11.5. The molecule has 2 amide bonds. The summed E-state index contributed by atoms with van der Waals surface area (Å²) in [6.45, 7) is 6.08. The van der Waals surface area contributed by atoms with Crippen molar-refractivity contribution in [1.29, 1.82) is 0 Å². The molecular weight excluding hydrogens is 432 g/mol. The van der Waals surface area contributed by atoms with Crippen molar-refractivity contribution in [2.45, 2.75) is 33.2 Å². The van der Waals surface area contributed by atoms with Gasteiger partial charge in [-0.1, -0.05) is 55.4 Å². The number of thioether (sulfide) groups is 1. The molecule has 1 N–H and O–H groups in total. The van der Waals surface area contributed by atoms with Crippen molar-refractivity contribution in [3.63, 3.8) is 0 Å². The molecule has 2 aromatic carbocycles. The molecule has 2 heterocycles. The summed E-state index contributed by atoms with van der Waals surface area (Å²) < 4.78 is 0. The molecule has 2 aliphatic rings. The number of aryl methyl sites for hydroxylation is 1. The second-order valence-electron chi connectivity index (χ2n) is 8.00. The Kier molecular flexibility index (Phi) is 6.16. The van der Waals surface area contributed by atoms with Crippen LogP contribution >= 0.6 is 23.4 Å². The van der Waals surface area contributed by atoms with Gasteiger partial charge < -0.3 is 5.32 Å². The van der Waals surface area contributed by atoms with Gasteiger partial charge in [0.1, 0.15) is 11.9 Å². The number of carbonyl (C=O) groups is 2. The summed E-state index contributed by atoms with van der Waals surface area (Å²) in [5.74, 6) is 0.739. The zero-order valence-corrected chi connectivity index (χ0v) is 19.1. The summed E-state index contributed by atoms with van der Waals surface area (Å²) in [7, 11) is 0. The van der Waals surface area contributed by atoms with Gasteiger partial charge >= 0.3 is 0 Å². The average molecular weight is 455 g/mol. The van der Waals surface area contributed by atoms with Crippen LogP contribution in [0.3, 0.4) is 0 Å². The maximum atomic E-state index is 13.1. The van der Waals surface area contributed by atoms with E-state index in [2.05, 4.69) is 24.2 Å². The number of aliphatic imine (C=N–C) groups is 2. The van der Waals surface area contributed by atoms with Crippen molar-refractivity contribution in [3.8, 4) is 0 Å². The van der Waals surface area contributed by atoms with Crippen molar-refractivity contribution in [1.82, 2.24) is 4.90 Å². The van der Waals surface area contributed by atoms with E-state index in [-0.39, 0.29) is 17.6 Å². The molecule has 0 aromatic heterocycles. The molecule has 2 aliphatic heterocycles. The molecule has 0 saturated carbocycles. The molecule has 4 rings (SSSR count). The summed E-state index contributed by atoms with van der Waals surface area (Å²) >= 11 is 7.43. The third kappa shape index (κ3) is 4.52. The molecule has 0 bridgehead atoms. The maximum Gasteiger partial charge on any atom is 0.259 e. The number of hydrogen-bond acceptors (Lipinski definition) is 5. The normalized spacial score (nSPS) is 17.3. The first kappa shape index (κ1) is 21.6. The molecule has 0 saturated heterocycles. The molecule has 1 unspecified atom stereocenters. The minimum absolute atomic E-state index is 0.0913. The quantitative estimate of drug-likeness (QED) is 0.688. The van der Waals surface area contributed by atoms with Gasteiger partial charge in [0, 0.05) is 5.56 Å².